The fourth-order valence-electron chi connectivity index (χ4n) is 1.30. The summed E-state index contributed by atoms with van der Waals surface area (Å²) < 4.78 is 1.96. The molecule has 0 atom stereocenters. The Morgan fingerprint density at radius 3 is 3.00 bits per heavy atom. The minimum atomic E-state index is 0.818. The molecule has 0 spiro atoms. The van der Waals surface area contributed by atoms with E-state index in [0.717, 1.165) is 17.1 Å². The molecule has 0 amide bonds. The Kier molecular flexibility index (Phi) is 2.22. The number of aromatic nitrogens is 3. The highest BCUT2D eigenvalue weighted by atomic mass is 32.2. The van der Waals surface area contributed by atoms with Crippen molar-refractivity contribution in [1.29, 1.82) is 0 Å². The molecule has 2 aromatic heterocycles. The zero-order chi connectivity index (χ0) is 9.26. The van der Waals surface area contributed by atoms with Gasteiger partial charge in [0.15, 0.2) is 0 Å². The standard InChI is InChI=1S/C9H11N3S/c1-3-7-4-5-8-6-10-9(13-2)11-12(7)8/h4-6H,3H2,1-2H3. The second-order valence-corrected chi connectivity index (χ2v) is 3.53. The normalized spacial score (nSPS) is 10.9. The van der Waals surface area contributed by atoms with E-state index < -0.39 is 0 Å². The van der Waals surface area contributed by atoms with Crippen molar-refractivity contribution in [3.8, 4) is 0 Å². The van der Waals surface area contributed by atoms with Gasteiger partial charge in [0.1, 0.15) is 0 Å². The van der Waals surface area contributed by atoms with E-state index in [1.54, 1.807) is 11.8 Å². The van der Waals surface area contributed by atoms with Crippen LogP contribution in [-0.4, -0.2) is 20.9 Å². The van der Waals surface area contributed by atoms with E-state index in [-0.39, 0.29) is 0 Å². The summed E-state index contributed by atoms with van der Waals surface area (Å²) in [5.74, 6) is 0. The first-order valence-corrected chi connectivity index (χ1v) is 5.45. The molecule has 2 rings (SSSR count). The Labute approximate surface area is 81.2 Å². The average molecular weight is 193 g/mol. The first-order valence-electron chi connectivity index (χ1n) is 4.23. The second-order valence-electron chi connectivity index (χ2n) is 2.76. The van der Waals surface area contributed by atoms with Crippen molar-refractivity contribution in [2.24, 2.45) is 0 Å². The molecule has 0 unspecified atom stereocenters. The molecule has 0 fully saturated rings. The van der Waals surface area contributed by atoms with Gasteiger partial charge in [-0.15, -0.1) is 5.10 Å². The molecule has 2 heterocycles. The van der Waals surface area contributed by atoms with Crippen molar-refractivity contribution in [3.05, 3.63) is 24.0 Å². The lowest BCUT2D eigenvalue weighted by molar-refractivity contribution is 0.762. The molecule has 0 aliphatic rings. The molecule has 2 aromatic rings. The SMILES string of the molecule is CCc1ccc2cnc(SC)nn12. The molecule has 4 heteroatoms. The van der Waals surface area contributed by atoms with Crippen molar-refractivity contribution >= 4 is 17.3 Å². The average Bonchev–Trinajstić information content (AvgIpc) is 2.59. The third kappa shape index (κ3) is 1.42. The predicted octanol–water partition coefficient (Wildman–Crippen LogP) is 2.01. The molecule has 0 saturated carbocycles. The van der Waals surface area contributed by atoms with Crippen molar-refractivity contribution in [3.63, 3.8) is 0 Å². The Morgan fingerprint density at radius 1 is 1.46 bits per heavy atom. The minimum Gasteiger partial charge on any atom is -0.234 e. The summed E-state index contributed by atoms with van der Waals surface area (Å²) in [4.78, 5) is 4.20. The monoisotopic (exact) mass is 193 g/mol. The smallest absolute Gasteiger partial charge is 0.207 e. The first-order chi connectivity index (χ1) is 6.35. The Balaban J connectivity index is 2.64. The van der Waals surface area contributed by atoms with E-state index in [2.05, 4.69) is 23.1 Å². The number of hydrogen-bond donors (Lipinski definition) is 0. The molecular weight excluding hydrogens is 182 g/mol. The van der Waals surface area contributed by atoms with Gasteiger partial charge in [0, 0.05) is 5.69 Å². The molecule has 13 heavy (non-hydrogen) atoms. The Bertz CT molecular complexity index is 422. The maximum Gasteiger partial charge on any atom is 0.207 e. The van der Waals surface area contributed by atoms with Gasteiger partial charge in [-0.2, -0.15) is 0 Å². The quantitative estimate of drug-likeness (QED) is 0.683. The summed E-state index contributed by atoms with van der Waals surface area (Å²) in [6, 6.07) is 4.14. The van der Waals surface area contributed by atoms with Gasteiger partial charge >= 0.3 is 0 Å². The van der Waals surface area contributed by atoms with Crippen molar-refractivity contribution in [2.45, 2.75) is 18.5 Å². The summed E-state index contributed by atoms with van der Waals surface area (Å²) in [5.41, 5.74) is 2.29. The predicted molar refractivity (Wildman–Crippen MR) is 54.1 cm³/mol. The van der Waals surface area contributed by atoms with Gasteiger partial charge in [-0.25, -0.2) is 9.50 Å². The number of fused-ring (bicyclic) bond motifs is 1. The number of thioether (sulfide) groups is 1. The van der Waals surface area contributed by atoms with Gasteiger partial charge in [-0.1, -0.05) is 18.7 Å². The van der Waals surface area contributed by atoms with E-state index in [9.17, 15) is 0 Å². The summed E-state index contributed by atoms with van der Waals surface area (Å²) in [6.07, 6.45) is 4.84. The molecule has 0 saturated heterocycles. The van der Waals surface area contributed by atoms with Crippen LogP contribution >= 0.6 is 11.8 Å². The maximum atomic E-state index is 4.39. The zero-order valence-corrected chi connectivity index (χ0v) is 8.51. The molecule has 0 aromatic carbocycles. The van der Waals surface area contributed by atoms with Crippen molar-refractivity contribution < 1.29 is 0 Å². The molecule has 3 nitrogen and oxygen atoms in total. The van der Waals surface area contributed by atoms with Crippen LogP contribution in [0.25, 0.3) is 5.52 Å². The molecule has 0 bridgehead atoms. The van der Waals surface area contributed by atoms with Crippen LogP contribution in [0.1, 0.15) is 12.6 Å². The molecule has 0 aliphatic carbocycles. The summed E-state index contributed by atoms with van der Waals surface area (Å²) in [6.45, 7) is 2.13. The maximum absolute atomic E-state index is 4.39. The number of nitrogens with zero attached hydrogens (tertiary/aromatic N) is 3. The highest BCUT2D eigenvalue weighted by molar-refractivity contribution is 7.98. The van der Waals surface area contributed by atoms with Gasteiger partial charge in [0.2, 0.25) is 5.16 Å². The van der Waals surface area contributed by atoms with Crippen LogP contribution in [0.3, 0.4) is 0 Å². The summed E-state index contributed by atoms with van der Waals surface area (Å²) in [7, 11) is 0. The zero-order valence-electron chi connectivity index (χ0n) is 7.69. The van der Waals surface area contributed by atoms with Crippen LogP contribution in [-0.2, 0) is 6.42 Å². The molecule has 0 N–H and O–H groups in total. The van der Waals surface area contributed by atoms with Crippen LogP contribution in [0.15, 0.2) is 23.5 Å². The van der Waals surface area contributed by atoms with E-state index in [1.165, 1.54) is 5.69 Å². The molecule has 0 radical (unpaired) electrons. The van der Waals surface area contributed by atoms with Gasteiger partial charge in [0.25, 0.3) is 0 Å². The largest absolute Gasteiger partial charge is 0.234 e. The molecule has 68 valence electrons. The number of rotatable bonds is 2. The third-order valence-electron chi connectivity index (χ3n) is 2.00. The molecular formula is C9H11N3S. The number of aryl methyl sites for hydroxylation is 1. The van der Waals surface area contributed by atoms with Crippen LogP contribution in [0.5, 0.6) is 0 Å². The fourth-order valence-corrected chi connectivity index (χ4v) is 1.62. The van der Waals surface area contributed by atoms with E-state index >= 15 is 0 Å². The topological polar surface area (TPSA) is 30.2 Å². The Morgan fingerprint density at radius 2 is 2.31 bits per heavy atom. The number of hydrogen-bond acceptors (Lipinski definition) is 3. The van der Waals surface area contributed by atoms with Crippen LogP contribution in [0, 0.1) is 0 Å². The van der Waals surface area contributed by atoms with Gasteiger partial charge in [-0.3, -0.25) is 0 Å². The highest BCUT2D eigenvalue weighted by Gasteiger charge is 2.02. The van der Waals surface area contributed by atoms with Crippen LogP contribution in [0.4, 0.5) is 0 Å². The minimum absolute atomic E-state index is 0.818. The van der Waals surface area contributed by atoms with E-state index in [0.29, 0.717) is 0 Å². The van der Waals surface area contributed by atoms with Gasteiger partial charge in [-0.05, 0) is 24.8 Å². The van der Waals surface area contributed by atoms with E-state index in [1.807, 2.05) is 23.0 Å². The highest BCUT2D eigenvalue weighted by Crippen LogP contribution is 2.12. The molecule has 0 aliphatic heterocycles. The first kappa shape index (κ1) is 8.56. The summed E-state index contributed by atoms with van der Waals surface area (Å²) in [5, 5.41) is 5.21. The summed E-state index contributed by atoms with van der Waals surface area (Å²) >= 11 is 1.56. The van der Waals surface area contributed by atoms with Crippen LogP contribution in [0.2, 0.25) is 0 Å². The van der Waals surface area contributed by atoms with Crippen molar-refractivity contribution in [1.82, 2.24) is 14.6 Å². The third-order valence-corrected chi connectivity index (χ3v) is 2.55. The lowest BCUT2D eigenvalue weighted by atomic mass is 10.3. The Hall–Kier alpha value is -1.03. The second kappa shape index (κ2) is 3.38. The van der Waals surface area contributed by atoms with Crippen LogP contribution < -0.4 is 0 Å². The van der Waals surface area contributed by atoms with Crippen molar-refractivity contribution in [2.75, 3.05) is 6.26 Å². The van der Waals surface area contributed by atoms with E-state index in [4.69, 9.17) is 0 Å². The fraction of sp³-hybridized carbons (Fsp3) is 0.333. The lowest BCUT2D eigenvalue weighted by Gasteiger charge is -1.99. The van der Waals surface area contributed by atoms with Gasteiger partial charge in [0.05, 0.1) is 11.7 Å². The lowest BCUT2D eigenvalue weighted by Crippen LogP contribution is -1.98. The van der Waals surface area contributed by atoms with Gasteiger partial charge < -0.3 is 0 Å².